The number of aliphatic hydroxyl groups is 1. The molecule has 0 aromatic carbocycles. The second-order valence-electron chi connectivity index (χ2n) is 3.61. The Kier molecular flexibility index (Phi) is 3.70. The van der Waals surface area contributed by atoms with E-state index in [-0.39, 0.29) is 11.3 Å². The number of amides is 1. The number of ether oxygens (including phenoxy) is 1. The summed E-state index contributed by atoms with van der Waals surface area (Å²) in [6.45, 7) is 3.34. The Morgan fingerprint density at radius 3 is 3.00 bits per heavy atom. The van der Waals surface area contributed by atoms with Crippen LogP contribution in [0.2, 0.25) is 0 Å². The minimum atomic E-state index is -1.16. The van der Waals surface area contributed by atoms with Crippen molar-refractivity contribution in [3.05, 3.63) is 9.93 Å². The van der Waals surface area contributed by atoms with Crippen molar-refractivity contribution >= 4 is 35.4 Å². The largest absolute Gasteiger partial charge is 0.432 e. The van der Waals surface area contributed by atoms with E-state index < -0.39 is 12.3 Å². The van der Waals surface area contributed by atoms with Gasteiger partial charge in [0, 0.05) is 0 Å². The SMILES string of the molecule is CCSC1=C(C(=O)O[C@H](C)O)N2C(=O)C[C@@H]2S1. The highest BCUT2D eigenvalue weighted by Gasteiger charge is 2.49. The van der Waals surface area contributed by atoms with Gasteiger partial charge in [0.1, 0.15) is 0 Å². The average Bonchev–Trinajstić information content (AvgIpc) is 2.51. The van der Waals surface area contributed by atoms with Crippen LogP contribution in [0, 0.1) is 0 Å². The van der Waals surface area contributed by atoms with Crippen LogP contribution in [0.1, 0.15) is 20.3 Å². The smallest absolute Gasteiger partial charge is 0.359 e. The minimum absolute atomic E-state index is 0.0353. The summed E-state index contributed by atoms with van der Waals surface area (Å²) in [7, 11) is 0. The lowest BCUT2D eigenvalue weighted by Crippen LogP contribution is -2.48. The van der Waals surface area contributed by atoms with Crippen LogP contribution >= 0.6 is 23.5 Å². The first-order valence-corrected chi connectivity index (χ1v) is 7.16. The number of rotatable bonds is 4. The summed E-state index contributed by atoms with van der Waals surface area (Å²) in [5.41, 5.74) is 0.295. The standard InChI is InChI=1S/C10H13NO4S2/c1-3-16-10-8(9(14)15-5(2)12)11-6(13)4-7(11)17-10/h5,7,12H,3-4H2,1-2H3/t5-,7+/m1/s1. The zero-order valence-corrected chi connectivity index (χ0v) is 11.1. The minimum Gasteiger partial charge on any atom is -0.432 e. The van der Waals surface area contributed by atoms with Crippen molar-refractivity contribution in [1.82, 2.24) is 4.90 Å². The number of nitrogens with zero attached hydrogens (tertiary/aromatic N) is 1. The molecule has 0 spiro atoms. The quantitative estimate of drug-likeness (QED) is 0.471. The third-order valence-electron chi connectivity index (χ3n) is 2.33. The molecule has 1 amide bonds. The van der Waals surface area contributed by atoms with E-state index in [1.54, 1.807) is 0 Å². The van der Waals surface area contributed by atoms with E-state index in [0.717, 1.165) is 9.99 Å². The molecule has 5 nitrogen and oxygen atoms in total. The van der Waals surface area contributed by atoms with Crippen molar-refractivity contribution in [2.75, 3.05) is 5.75 Å². The number of fused-ring (bicyclic) bond motifs is 1. The normalized spacial score (nSPS) is 24.5. The van der Waals surface area contributed by atoms with Gasteiger partial charge in [-0.05, 0) is 12.7 Å². The molecule has 7 heteroatoms. The van der Waals surface area contributed by atoms with E-state index in [2.05, 4.69) is 0 Å². The number of hydrogen-bond donors (Lipinski definition) is 1. The Balaban J connectivity index is 2.21. The number of hydrogen-bond acceptors (Lipinski definition) is 6. The summed E-state index contributed by atoms with van der Waals surface area (Å²) in [5, 5.41) is 9.09. The zero-order chi connectivity index (χ0) is 12.6. The van der Waals surface area contributed by atoms with E-state index in [1.165, 1.54) is 35.3 Å². The molecule has 17 heavy (non-hydrogen) atoms. The molecule has 2 aliphatic rings. The lowest BCUT2D eigenvalue weighted by atomic mass is 10.2. The van der Waals surface area contributed by atoms with Gasteiger partial charge < -0.3 is 9.84 Å². The number of aliphatic hydroxyl groups excluding tert-OH is 1. The Bertz CT molecular complexity index is 394. The molecular formula is C10H13NO4S2. The van der Waals surface area contributed by atoms with Crippen molar-refractivity contribution in [2.45, 2.75) is 31.9 Å². The van der Waals surface area contributed by atoms with E-state index in [0.29, 0.717) is 12.1 Å². The van der Waals surface area contributed by atoms with E-state index in [9.17, 15) is 9.59 Å². The molecule has 0 saturated carbocycles. The van der Waals surface area contributed by atoms with Gasteiger partial charge in [0.05, 0.1) is 16.0 Å². The summed E-state index contributed by atoms with van der Waals surface area (Å²) >= 11 is 3.04. The van der Waals surface area contributed by atoms with E-state index >= 15 is 0 Å². The second kappa shape index (κ2) is 4.91. The molecule has 2 atom stereocenters. The Morgan fingerprint density at radius 1 is 1.76 bits per heavy atom. The van der Waals surface area contributed by atoms with Crippen LogP contribution in [0.4, 0.5) is 0 Å². The first-order valence-electron chi connectivity index (χ1n) is 5.29. The number of esters is 1. The molecule has 2 aliphatic heterocycles. The Morgan fingerprint density at radius 2 is 2.47 bits per heavy atom. The van der Waals surface area contributed by atoms with Crippen LogP contribution in [0.15, 0.2) is 9.93 Å². The molecule has 1 saturated heterocycles. The molecule has 0 radical (unpaired) electrons. The molecule has 2 rings (SSSR count). The van der Waals surface area contributed by atoms with Crippen LogP contribution in [-0.4, -0.2) is 39.3 Å². The summed E-state index contributed by atoms with van der Waals surface area (Å²) in [6, 6.07) is 0. The van der Waals surface area contributed by atoms with Crippen molar-refractivity contribution in [2.24, 2.45) is 0 Å². The fourth-order valence-electron chi connectivity index (χ4n) is 1.65. The van der Waals surface area contributed by atoms with Gasteiger partial charge in [-0.25, -0.2) is 4.79 Å². The van der Waals surface area contributed by atoms with Gasteiger partial charge in [-0.2, -0.15) is 0 Å². The van der Waals surface area contributed by atoms with Gasteiger partial charge in [0.2, 0.25) is 5.91 Å². The summed E-state index contributed by atoms with van der Waals surface area (Å²) in [5.74, 6) is 0.133. The first-order chi connectivity index (χ1) is 8.04. The number of thioether (sulfide) groups is 2. The second-order valence-corrected chi connectivity index (χ2v) is 6.33. The van der Waals surface area contributed by atoms with E-state index in [4.69, 9.17) is 9.84 Å². The number of β-lactam (4-membered cyclic amide) rings is 1. The molecule has 0 aliphatic carbocycles. The van der Waals surface area contributed by atoms with E-state index in [1.807, 2.05) is 6.92 Å². The maximum Gasteiger partial charge on any atom is 0.359 e. The molecule has 0 aromatic heterocycles. The highest BCUT2D eigenvalue weighted by atomic mass is 32.2. The molecule has 2 heterocycles. The summed E-state index contributed by atoms with van der Waals surface area (Å²) in [4.78, 5) is 24.7. The fourth-order valence-corrected chi connectivity index (χ4v) is 4.29. The van der Waals surface area contributed by atoms with Crippen LogP contribution in [-0.2, 0) is 14.3 Å². The predicted octanol–water partition coefficient (Wildman–Crippen LogP) is 1.10. The predicted molar refractivity (Wildman–Crippen MR) is 65.8 cm³/mol. The van der Waals surface area contributed by atoms with Crippen LogP contribution in [0.25, 0.3) is 0 Å². The summed E-state index contributed by atoms with van der Waals surface area (Å²) < 4.78 is 5.56. The fraction of sp³-hybridized carbons (Fsp3) is 0.600. The lowest BCUT2D eigenvalue weighted by Gasteiger charge is -2.34. The van der Waals surface area contributed by atoms with Crippen molar-refractivity contribution in [1.29, 1.82) is 0 Å². The zero-order valence-electron chi connectivity index (χ0n) is 9.50. The Labute approximate surface area is 108 Å². The molecule has 0 aromatic rings. The molecule has 94 valence electrons. The van der Waals surface area contributed by atoms with Gasteiger partial charge in [-0.15, -0.1) is 11.8 Å². The molecule has 1 fully saturated rings. The van der Waals surface area contributed by atoms with Crippen LogP contribution < -0.4 is 0 Å². The molecule has 1 N–H and O–H groups in total. The van der Waals surface area contributed by atoms with Crippen molar-refractivity contribution in [3.8, 4) is 0 Å². The highest BCUT2D eigenvalue weighted by molar-refractivity contribution is 8.22. The number of carbonyl (C=O) groups excluding carboxylic acids is 2. The summed E-state index contributed by atoms with van der Waals surface area (Å²) in [6.07, 6.45) is -0.701. The monoisotopic (exact) mass is 275 g/mol. The third-order valence-corrected chi connectivity index (χ3v) is 4.77. The highest BCUT2D eigenvalue weighted by Crippen LogP contribution is 2.50. The lowest BCUT2D eigenvalue weighted by molar-refractivity contribution is -0.164. The van der Waals surface area contributed by atoms with Gasteiger partial charge >= 0.3 is 5.97 Å². The van der Waals surface area contributed by atoms with Gasteiger partial charge in [0.25, 0.3) is 0 Å². The van der Waals surface area contributed by atoms with Gasteiger partial charge in [-0.1, -0.05) is 18.7 Å². The molecule has 0 unspecified atom stereocenters. The number of carbonyl (C=O) groups is 2. The topological polar surface area (TPSA) is 66.8 Å². The molecule has 0 bridgehead atoms. The third kappa shape index (κ3) is 2.31. The molecular weight excluding hydrogens is 262 g/mol. The van der Waals surface area contributed by atoms with Crippen LogP contribution in [0.5, 0.6) is 0 Å². The average molecular weight is 275 g/mol. The van der Waals surface area contributed by atoms with Crippen LogP contribution in [0.3, 0.4) is 0 Å². The van der Waals surface area contributed by atoms with Crippen molar-refractivity contribution < 1.29 is 19.4 Å². The Hall–Kier alpha value is -0.660. The first kappa shape index (κ1) is 12.8. The maximum atomic E-state index is 11.8. The van der Waals surface area contributed by atoms with Crippen molar-refractivity contribution in [3.63, 3.8) is 0 Å². The maximum absolute atomic E-state index is 11.8. The van der Waals surface area contributed by atoms with Gasteiger partial charge in [-0.3, -0.25) is 9.69 Å². The van der Waals surface area contributed by atoms with Gasteiger partial charge in [0.15, 0.2) is 12.0 Å².